The summed E-state index contributed by atoms with van der Waals surface area (Å²) < 4.78 is 24.9. The Labute approximate surface area is 161 Å². The van der Waals surface area contributed by atoms with Crippen LogP contribution >= 0.6 is 0 Å². The maximum absolute atomic E-state index is 11.7. The zero-order chi connectivity index (χ0) is 19.4. The van der Waals surface area contributed by atoms with Gasteiger partial charge in [0.25, 0.3) is 0 Å². The van der Waals surface area contributed by atoms with Gasteiger partial charge in [0.15, 0.2) is 0 Å². The number of sulfonamides is 1. The summed E-state index contributed by atoms with van der Waals surface area (Å²) in [5, 5.41) is 12.5. The molecule has 2 N–H and O–H groups in total. The highest BCUT2D eigenvalue weighted by Gasteiger charge is 2.23. The summed E-state index contributed by atoms with van der Waals surface area (Å²) in [5.74, 6) is 0.618. The first kappa shape index (κ1) is 19.9. The molecule has 0 bridgehead atoms. The number of likely N-dealkylation sites (tertiary alicyclic amines) is 1. The minimum absolute atomic E-state index is 0.462. The van der Waals surface area contributed by atoms with Gasteiger partial charge in [-0.15, -0.1) is 0 Å². The van der Waals surface area contributed by atoms with E-state index in [2.05, 4.69) is 11.4 Å². The van der Waals surface area contributed by atoms with Crippen molar-refractivity contribution in [2.24, 2.45) is 5.92 Å². The van der Waals surface area contributed by atoms with Gasteiger partial charge in [-0.3, -0.25) is 0 Å². The summed E-state index contributed by atoms with van der Waals surface area (Å²) in [6, 6.07) is 6.19. The molecule has 0 saturated carbocycles. The lowest BCUT2D eigenvalue weighted by atomic mass is 9.92. The Morgan fingerprint density at radius 1 is 1.22 bits per heavy atom. The van der Waals surface area contributed by atoms with Gasteiger partial charge in [0.05, 0.1) is 6.26 Å². The third-order valence-corrected chi connectivity index (χ3v) is 6.91. The van der Waals surface area contributed by atoms with Crippen molar-refractivity contribution < 1.29 is 18.3 Å². The number of anilines is 1. The second-order valence-corrected chi connectivity index (χ2v) is 9.59. The summed E-state index contributed by atoms with van der Waals surface area (Å²) in [5.41, 5.74) is 3.39. The number of carbonyl (C=O) groups is 1. The second kappa shape index (κ2) is 8.48. The number of rotatable bonds is 6. The Morgan fingerprint density at radius 2 is 1.96 bits per heavy atom. The van der Waals surface area contributed by atoms with Crippen molar-refractivity contribution in [1.82, 2.24) is 9.21 Å². The first-order valence-corrected chi connectivity index (χ1v) is 11.5. The average molecular weight is 396 g/mol. The zero-order valence-electron chi connectivity index (χ0n) is 15.9. The lowest BCUT2D eigenvalue weighted by molar-refractivity contribution is 0.123. The van der Waals surface area contributed by atoms with E-state index in [9.17, 15) is 13.2 Å². The number of hydrogen-bond donors (Lipinski definition) is 2. The molecule has 1 amide bonds. The molecule has 2 aliphatic heterocycles. The lowest BCUT2D eigenvalue weighted by Crippen LogP contribution is -2.37. The smallest absolute Gasteiger partial charge is 0.407 e. The molecule has 3 rings (SSSR count). The molecule has 27 heavy (non-hydrogen) atoms. The van der Waals surface area contributed by atoms with Gasteiger partial charge in [-0.05, 0) is 61.3 Å². The molecule has 0 radical (unpaired) electrons. The highest BCUT2D eigenvalue weighted by Crippen LogP contribution is 2.25. The highest BCUT2D eigenvalue weighted by molar-refractivity contribution is 7.88. The van der Waals surface area contributed by atoms with Gasteiger partial charge < -0.3 is 15.3 Å². The lowest BCUT2D eigenvalue weighted by Gasteiger charge is -2.30. The Morgan fingerprint density at radius 3 is 2.63 bits per heavy atom. The van der Waals surface area contributed by atoms with E-state index in [1.54, 1.807) is 0 Å². The first-order valence-electron chi connectivity index (χ1n) is 9.61. The van der Waals surface area contributed by atoms with Crippen molar-refractivity contribution in [1.29, 1.82) is 0 Å². The molecular weight excluding hydrogens is 366 g/mol. The summed E-state index contributed by atoms with van der Waals surface area (Å²) in [7, 11) is -3.13. The zero-order valence-corrected chi connectivity index (χ0v) is 16.7. The molecule has 2 aliphatic rings. The van der Waals surface area contributed by atoms with Crippen LogP contribution < -0.4 is 5.32 Å². The molecule has 8 heteroatoms. The van der Waals surface area contributed by atoms with Crippen LogP contribution in [0.5, 0.6) is 0 Å². The first-order chi connectivity index (χ1) is 12.8. The van der Waals surface area contributed by atoms with Crippen LogP contribution in [0.4, 0.5) is 10.5 Å². The van der Waals surface area contributed by atoms with Crippen molar-refractivity contribution >= 4 is 21.8 Å². The van der Waals surface area contributed by atoms with Crippen molar-refractivity contribution in [3.05, 3.63) is 29.3 Å². The van der Waals surface area contributed by atoms with Gasteiger partial charge >= 0.3 is 6.09 Å². The molecule has 1 aromatic rings. The van der Waals surface area contributed by atoms with Gasteiger partial charge in [-0.2, -0.15) is 4.31 Å². The molecule has 7 nitrogen and oxygen atoms in total. The molecule has 0 aromatic heterocycles. The Balaban J connectivity index is 1.42. The standard InChI is InChI=1S/C19H29N3O4S/c1-27(25,26)22-12-8-16-13-18(5-4-17(16)14-22)20-9-2-3-15-6-10-21(11-7-15)19(23)24/h4-5,13,15,20H,2-3,6-12,14H2,1H3,(H,23,24). The molecule has 1 aromatic carbocycles. The van der Waals surface area contributed by atoms with E-state index in [1.807, 2.05) is 12.1 Å². The highest BCUT2D eigenvalue weighted by atomic mass is 32.2. The fourth-order valence-electron chi connectivity index (χ4n) is 3.96. The molecular formula is C19H29N3O4S. The van der Waals surface area contributed by atoms with E-state index < -0.39 is 16.1 Å². The van der Waals surface area contributed by atoms with Crippen LogP contribution in [0, 0.1) is 5.92 Å². The third-order valence-electron chi connectivity index (χ3n) is 5.66. The molecule has 0 aliphatic carbocycles. The van der Waals surface area contributed by atoms with E-state index in [-0.39, 0.29) is 0 Å². The topological polar surface area (TPSA) is 90.0 Å². The Hall–Kier alpha value is -1.80. The number of benzene rings is 1. The van der Waals surface area contributed by atoms with Crippen LogP contribution in [-0.4, -0.2) is 61.3 Å². The van der Waals surface area contributed by atoms with Gasteiger partial charge in [-0.1, -0.05) is 6.07 Å². The predicted octanol–water partition coefficient (Wildman–Crippen LogP) is 2.59. The summed E-state index contributed by atoms with van der Waals surface area (Å²) in [6.07, 6.45) is 5.32. The number of amides is 1. The third kappa shape index (κ3) is 5.35. The van der Waals surface area contributed by atoms with Crippen LogP contribution in [0.15, 0.2) is 18.2 Å². The molecule has 0 atom stereocenters. The minimum Gasteiger partial charge on any atom is -0.465 e. The summed E-state index contributed by atoms with van der Waals surface area (Å²) in [4.78, 5) is 12.4. The summed E-state index contributed by atoms with van der Waals surface area (Å²) in [6.45, 7) is 3.21. The number of fused-ring (bicyclic) bond motifs is 1. The van der Waals surface area contributed by atoms with E-state index >= 15 is 0 Å². The number of nitrogens with one attached hydrogen (secondary N) is 1. The van der Waals surface area contributed by atoms with Gasteiger partial charge in [0.1, 0.15) is 0 Å². The monoisotopic (exact) mass is 395 g/mol. The fourth-order valence-corrected chi connectivity index (χ4v) is 4.75. The van der Waals surface area contributed by atoms with Crippen molar-refractivity contribution in [3.63, 3.8) is 0 Å². The Bertz CT molecular complexity index is 773. The second-order valence-electron chi connectivity index (χ2n) is 7.61. The minimum atomic E-state index is -3.13. The SMILES string of the molecule is CS(=O)(=O)N1CCc2cc(NCCCC3CCN(C(=O)O)CC3)ccc2C1. The molecule has 150 valence electrons. The van der Waals surface area contributed by atoms with Gasteiger partial charge in [0, 0.05) is 38.4 Å². The van der Waals surface area contributed by atoms with Crippen molar-refractivity contribution in [2.75, 3.05) is 37.8 Å². The van der Waals surface area contributed by atoms with Gasteiger partial charge in [0.2, 0.25) is 10.0 Å². The fraction of sp³-hybridized carbons (Fsp3) is 0.632. The molecule has 0 unspecified atom stereocenters. The van der Waals surface area contributed by atoms with E-state index in [4.69, 9.17) is 5.11 Å². The molecule has 2 heterocycles. The van der Waals surface area contributed by atoms with Gasteiger partial charge in [-0.25, -0.2) is 13.2 Å². The summed E-state index contributed by atoms with van der Waals surface area (Å²) >= 11 is 0. The number of nitrogens with zero attached hydrogens (tertiary/aromatic N) is 2. The molecule has 0 spiro atoms. The van der Waals surface area contributed by atoms with Crippen LogP contribution in [0.1, 0.15) is 36.8 Å². The number of hydrogen-bond acceptors (Lipinski definition) is 4. The predicted molar refractivity (Wildman–Crippen MR) is 105 cm³/mol. The van der Waals surface area contributed by atoms with Crippen LogP contribution in [0.25, 0.3) is 0 Å². The quantitative estimate of drug-likeness (QED) is 0.723. The van der Waals surface area contributed by atoms with Crippen LogP contribution in [0.2, 0.25) is 0 Å². The molecule has 1 fully saturated rings. The van der Waals surface area contributed by atoms with Crippen molar-refractivity contribution in [2.45, 2.75) is 38.6 Å². The molecule has 1 saturated heterocycles. The average Bonchev–Trinajstić information content (AvgIpc) is 2.64. The normalized spacial score (nSPS) is 18.9. The maximum atomic E-state index is 11.7. The Kier molecular flexibility index (Phi) is 6.26. The van der Waals surface area contributed by atoms with E-state index in [0.717, 1.165) is 49.9 Å². The largest absolute Gasteiger partial charge is 0.465 e. The number of piperidine rings is 1. The van der Waals surface area contributed by atoms with Crippen LogP contribution in [0.3, 0.4) is 0 Å². The van der Waals surface area contributed by atoms with E-state index in [0.29, 0.717) is 32.1 Å². The van der Waals surface area contributed by atoms with Crippen LogP contribution in [-0.2, 0) is 23.0 Å². The van der Waals surface area contributed by atoms with Crippen molar-refractivity contribution in [3.8, 4) is 0 Å². The number of carboxylic acid groups (broad SMARTS) is 1. The maximum Gasteiger partial charge on any atom is 0.407 e. The van der Waals surface area contributed by atoms with E-state index in [1.165, 1.54) is 21.0 Å².